The SMILES string of the molecule is Cc1ccc(NC(=O)C2(c3ccc4c(c3)OC(F)(F)O4)CC2)cc1-c1ccc(CNS(C)(=O)=O)cc1. The van der Waals surface area contributed by atoms with Gasteiger partial charge in [-0.1, -0.05) is 36.4 Å². The molecular weight excluding hydrogens is 490 g/mol. The van der Waals surface area contributed by atoms with Gasteiger partial charge < -0.3 is 14.8 Å². The Morgan fingerprint density at radius 1 is 0.972 bits per heavy atom. The maximum Gasteiger partial charge on any atom is 0.586 e. The van der Waals surface area contributed by atoms with E-state index in [1.807, 2.05) is 49.4 Å². The van der Waals surface area contributed by atoms with E-state index in [2.05, 4.69) is 19.5 Å². The molecule has 0 atom stereocenters. The van der Waals surface area contributed by atoms with Crippen LogP contribution in [0.1, 0.15) is 29.5 Å². The normalized spacial score (nSPS) is 17.0. The summed E-state index contributed by atoms with van der Waals surface area (Å²) < 4.78 is 60.9. The number of nitrogens with one attached hydrogen (secondary N) is 2. The molecule has 2 N–H and O–H groups in total. The maximum absolute atomic E-state index is 13.4. The van der Waals surface area contributed by atoms with E-state index in [0.29, 0.717) is 24.1 Å². The van der Waals surface area contributed by atoms with Crippen molar-refractivity contribution in [2.75, 3.05) is 11.6 Å². The molecule has 188 valence electrons. The third kappa shape index (κ3) is 4.91. The Morgan fingerprint density at radius 2 is 1.67 bits per heavy atom. The molecule has 0 bridgehead atoms. The lowest BCUT2D eigenvalue weighted by Gasteiger charge is -2.17. The summed E-state index contributed by atoms with van der Waals surface area (Å²) >= 11 is 0. The molecule has 1 saturated carbocycles. The zero-order valence-corrected chi connectivity index (χ0v) is 20.4. The molecule has 1 heterocycles. The van der Waals surface area contributed by atoms with Crippen LogP contribution in [0.5, 0.6) is 11.5 Å². The van der Waals surface area contributed by atoms with Crippen LogP contribution in [0.25, 0.3) is 11.1 Å². The largest absolute Gasteiger partial charge is 0.586 e. The Kier molecular flexibility index (Phi) is 5.76. The molecule has 0 radical (unpaired) electrons. The first-order chi connectivity index (χ1) is 16.9. The number of fused-ring (bicyclic) bond motifs is 1. The molecule has 3 aromatic carbocycles. The van der Waals surface area contributed by atoms with Gasteiger partial charge in [0.2, 0.25) is 15.9 Å². The molecule has 1 aliphatic carbocycles. The molecule has 7 nitrogen and oxygen atoms in total. The molecule has 1 aliphatic heterocycles. The number of alkyl halides is 2. The fourth-order valence-corrected chi connectivity index (χ4v) is 4.73. The monoisotopic (exact) mass is 514 g/mol. The van der Waals surface area contributed by atoms with Gasteiger partial charge in [-0.3, -0.25) is 4.79 Å². The lowest BCUT2D eigenvalue weighted by atomic mass is 9.94. The molecular formula is C26H24F2N2O5S. The molecule has 5 rings (SSSR count). The predicted molar refractivity (Wildman–Crippen MR) is 130 cm³/mol. The van der Waals surface area contributed by atoms with Crippen molar-refractivity contribution >= 4 is 21.6 Å². The number of hydrogen-bond acceptors (Lipinski definition) is 5. The quantitative estimate of drug-likeness (QED) is 0.477. The van der Waals surface area contributed by atoms with E-state index in [4.69, 9.17) is 0 Å². The number of amides is 1. The van der Waals surface area contributed by atoms with Gasteiger partial charge in [-0.25, -0.2) is 13.1 Å². The summed E-state index contributed by atoms with van der Waals surface area (Å²) in [7, 11) is -3.28. The molecule has 1 fully saturated rings. The molecule has 3 aromatic rings. The van der Waals surface area contributed by atoms with Gasteiger partial charge in [-0.2, -0.15) is 0 Å². The second-order valence-electron chi connectivity index (χ2n) is 9.19. The molecule has 0 spiro atoms. The number of hydrogen-bond donors (Lipinski definition) is 2. The second-order valence-corrected chi connectivity index (χ2v) is 11.0. The van der Waals surface area contributed by atoms with Gasteiger partial charge >= 0.3 is 6.29 Å². The fourth-order valence-electron chi connectivity index (χ4n) is 4.30. The van der Waals surface area contributed by atoms with Crippen molar-refractivity contribution in [1.29, 1.82) is 0 Å². The number of sulfonamides is 1. The molecule has 0 unspecified atom stereocenters. The highest BCUT2D eigenvalue weighted by Gasteiger charge is 2.52. The number of carbonyl (C=O) groups excluding carboxylic acids is 1. The highest BCUT2D eigenvalue weighted by molar-refractivity contribution is 7.88. The zero-order valence-electron chi connectivity index (χ0n) is 19.6. The van der Waals surface area contributed by atoms with Gasteiger partial charge in [0.15, 0.2) is 11.5 Å². The van der Waals surface area contributed by atoms with Crippen molar-refractivity contribution in [3.63, 3.8) is 0 Å². The van der Waals surface area contributed by atoms with Crippen molar-refractivity contribution in [3.05, 3.63) is 77.4 Å². The summed E-state index contributed by atoms with van der Waals surface area (Å²) in [6.07, 6.45) is -1.41. The predicted octanol–water partition coefficient (Wildman–Crippen LogP) is 4.70. The van der Waals surface area contributed by atoms with Crippen LogP contribution in [0.3, 0.4) is 0 Å². The maximum atomic E-state index is 13.4. The fraction of sp³-hybridized carbons (Fsp3) is 0.269. The molecule has 10 heteroatoms. The summed E-state index contributed by atoms with van der Waals surface area (Å²) in [6.45, 7) is 2.17. The van der Waals surface area contributed by atoms with Crippen LogP contribution in [-0.2, 0) is 26.8 Å². The van der Waals surface area contributed by atoms with Gasteiger partial charge in [0.05, 0.1) is 11.7 Å². The summed E-state index contributed by atoms with van der Waals surface area (Å²) in [6, 6.07) is 17.6. The van der Waals surface area contributed by atoms with Gasteiger partial charge in [0.1, 0.15) is 0 Å². The summed E-state index contributed by atoms with van der Waals surface area (Å²) in [5.41, 5.74) is 4.08. The van der Waals surface area contributed by atoms with Crippen molar-refractivity contribution in [2.24, 2.45) is 0 Å². The van der Waals surface area contributed by atoms with Crippen LogP contribution in [0.4, 0.5) is 14.5 Å². The average molecular weight is 515 g/mol. The number of ether oxygens (including phenoxy) is 2. The van der Waals surface area contributed by atoms with Crippen LogP contribution >= 0.6 is 0 Å². The number of aryl methyl sites for hydroxylation is 1. The van der Waals surface area contributed by atoms with E-state index in [9.17, 15) is 22.0 Å². The standard InChI is InChI=1S/C26H24F2N2O5S/c1-16-3-9-20(14-21(16)18-6-4-17(5-7-18)15-29-36(2,32)33)30-24(31)25(11-12-25)19-8-10-22-23(13-19)35-26(27,28)34-22/h3-10,13-14,29H,11-12,15H2,1-2H3,(H,30,31). The molecule has 0 aromatic heterocycles. The Balaban J connectivity index is 1.33. The summed E-state index contributed by atoms with van der Waals surface area (Å²) in [5, 5.41) is 2.98. The zero-order chi connectivity index (χ0) is 25.7. The molecule has 2 aliphatic rings. The summed E-state index contributed by atoms with van der Waals surface area (Å²) in [4.78, 5) is 13.3. The van der Waals surface area contributed by atoms with Gasteiger partial charge in [-0.15, -0.1) is 8.78 Å². The van der Waals surface area contributed by atoms with Crippen molar-refractivity contribution < 1.29 is 31.5 Å². The number of anilines is 1. The number of benzene rings is 3. The Morgan fingerprint density at radius 3 is 2.33 bits per heavy atom. The van der Waals surface area contributed by atoms with Gasteiger partial charge in [-0.05, 0) is 71.8 Å². The summed E-state index contributed by atoms with van der Waals surface area (Å²) in [5.74, 6) is -0.351. The van der Waals surface area contributed by atoms with E-state index >= 15 is 0 Å². The van der Waals surface area contributed by atoms with Crippen molar-refractivity contribution in [1.82, 2.24) is 4.72 Å². The Labute approximate surface area is 207 Å². The van der Waals surface area contributed by atoms with Crippen LogP contribution in [0.2, 0.25) is 0 Å². The number of rotatable bonds is 7. The topological polar surface area (TPSA) is 93.7 Å². The first-order valence-electron chi connectivity index (χ1n) is 11.3. The first-order valence-corrected chi connectivity index (χ1v) is 13.2. The van der Waals surface area contributed by atoms with Crippen LogP contribution in [0.15, 0.2) is 60.7 Å². The Bertz CT molecular complexity index is 1450. The van der Waals surface area contributed by atoms with Gasteiger partial charge in [0, 0.05) is 12.2 Å². The van der Waals surface area contributed by atoms with E-state index in [1.165, 1.54) is 12.1 Å². The Hall–Kier alpha value is -3.50. The minimum absolute atomic E-state index is 0.0544. The van der Waals surface area contributed by atoms with Crippen molar-refractivity contribution in [2.45, 2.75) is 38.0 Å². The second kappa shape index (κ2) is 8.56. The number of halogens is 2. The van der Waals surface area contributed by atoms with E-state index < -0.39 is 21.7 Å². The molecule has 0 saturated heterocycles. The highest BCUT2D eigenvalue weighted by atomic mass is 32.2. The van der Waals surface area contributed by atoms with Gasteiger partial charge in [0.25, 0.3) is 0 Å². The molecule has 1 amide bonds. The third-order valence-electron chi connectivity index (χ3n) is 6.44. The van der Waals surface area contributed by atoms with Crippen LogP contribution in [0, 0.1) is 6.92 Å². The highest BCUT2D eigenvalue weighted by Crippen LogP contribution is 2.52. The van der Waals surface area contributed by atoms with E-state index in [-0.39, 0.29) is 24.0 Å². The minimum atomic E-state index is -3.71. The minimum Gasteiger partial charge on any atom is -0.395 e. The van der Waals surface area contributed by atoms with Crippen molar-refractivity contribution in [3.8, 4) is 22.6 Å². The average Bonchev–Trinajstić information content (AvgIpc) is 3.56. The smallest absolute Gasteiger partial charge is 0.395 e. The molecule has 36 heavy (non-hydrogen) atoms. The van der Waals surface area contributed by atoms with E-state index in [1.54, 1.807) is 6.07 Å². The number of carbonyl (C=O) groups is 1. The lowest BCUT2D eigenvalue weighted by Crippen LogP contribution is -2.28. The van der Waals surface area contributed by atoms with Crippen LogP contribution in [-0.4, -0.2) is 26.9 Å². The van der Waals surface area contributed by atoms with E-state index in [0.717, 1.165) is 28.5 Å². The lowest BCUT2D eigenvalue weighted by molar-refractivity contribution is -0.286. The first kappa shape index (κ1) is 24.2. The third-order valence-corrected chi connectivity index (χ3v) is 7.11. The van der Waals surface area contributed by atoms with Crippen LogP contribution < -0.4 is 19.5 Å².